The van der Waals surface area contributed by atoms with E-state index in [1.54, 1.807) is 18.3 Å². The zero-order valence-electron chi connectivity index (χ0n) is 19.2. The number of anilines is 1. The van der Waals surface area contributed by atoms with Crippen molar-refractivity contribution in [1.82, 2.24) is 20.5 Å². The summed E-state index contributed by atoms with van der Waals surface area (Å²) >= 11 is 6.42. The molecule has 1 amide bonds. The number of ether oxygens (including phenoxy) is 2. The van der Waals surface area contributed by atoms with Crippen molar-refractivity contribution >= 4 is 23.3 Å². The van der Waals surface area contributed by atoms with Crippen LogP contribution in [0.15, 0.2) is 48.8 Å². The maximum Gasteiger partial charge on any atom is 0.253 e. The van der Waals surface area contributed by atoms with Crippen LogP contribution in [0.1, 0.15) is 28.8 Å². The van der Waals surface area contributed by atoms with Gasteiger partial charge in [-0.05, 0) is 49.1 Å². The molecule has 2 aromatic heterocycles. The summed E-state index contributed by atoms with van der Waals surface area (Å²) < 4.78 is 11.2. The van der Waals surface area contributed by atoms with E-state index < -0.39 is 0 Å². The molecule has 1 N–H and O–H groups in total. The van der Waals surface area contributed by atoms with Gasteiger partial charge in [0.1, 0.15) is 11.6 Å². The third-order valence-corrected chi connectivity index (χ3v) is 7.09. The van der Waals surface area contributed by atoms with Crippen molar-refractivity contribution in [3.05, 3.63) is 64.9 Å². The fourth-order valence-electron chi connectivity index (χ4n) is 4.52. The molecule has 180 valence electrons. The number of hydrogen-bond acceptors (Lipinski definition) is 7. The number of pyridine rings is 1. The molecule has 1 aromatic carbocycles. The van der Waals surface area contributed by atoms with Gasteiger partial charge in [0, 0.05) is 37.0 Å². The summed E-state index contributed by atoms with van der Waals surface area (Å²) in [5.41, 5.74) is 3.05. The molecule has 35 heavy (non-hydrogen) atoms. The minimum absolute atomic E-state index is 0.223. The van der Waals surface area contributed by atoms with Crippen molar-refractivity contribution in [1.29, 1.82) is 0 Å². The minimum Gasteiger partial charge on any atom is -0.492 e. The van der Waals surface area contributed by atoms with Crippen molar-refractivity contribution in [3.63, 3.8) is 0 Å². The Balaban J connectivity index is 1.11. The highest BCUT2D eigenvalue weighted by atomic mass is 35.5. The summed E-state index contributed by atoms with van der Waals surface area (Å²) in [5, 5.41) is 11.7. The van der Waals surface area contributed by atoms with Gasteiger partial charge in [-0.3, -0.25) is 4.79 Å². The van der Waals surface area contributed by atoms with E-state index in [1.165, 1.54) is 19.0 Å². The Morgan fingerprint density at radius 3 is 2.83 bits per heavy atom. The second-order valence-electron chi connectivity index (χ2n) is 9.75. The van der Waals surface area contributed by atoms with Crippen LogP contribution in [0.25, 0.3) is 11.3 Å². The largest absolute Gasteiger partial charge is 0.492 e. The molecule has 6 rings (SSSR count). The molecule has 0 radical (unpaired) electrons. The summed E-state index contributed by atoms with van der Waals surface area (Å²) in [5.74, 6) is 2.00. The smallest absolute Gasteiger partial charge is 0.253 e. The van der Waals surface area contributed by atoms with Gasteiger partial charge in [0.2, 0.25) is 0 Å². The lowest BCUT2D eigenvalue weighted by Gasteiger charge is -2.55. The van der Waals surface area contributed by atoms with E-state index in [4.69, 9.17) is 21.1 Å². The first-order valence-corrected chi connectivity index (χ1v) is 12.3. The zero-order valence-corrected chi connectivity index (χ0v) is 20.0. The first-order chi connectivity index (χ1) is 17.1. The van der Waals surface area contributed by atoms with Crippen LogP contribution < -0.4 is 15.0 Å². The number of carbonyl (C=O) groups is 1. The number of nitrogens with zero attached hydrogens (tertiary/aromatic N) is 4. The van der Waals surface area contributed by atoms with Crippen LogP contribution in [-0.2, 0) is 11.3 Å². The standard InChI is InChI=1S/C26H26ClN5O3/c27-21-8-18(5-6-23(21)35-12-17-3-4-17)22-9-20(11-30-31-22)25(33)29-10-19-2-1-7-28-24(19)32-13-26(14-32)15-34-16-26/h1-2,5-9,11,17H,3-4,10,12-16H2,(H,29,33). The molecule has 0 atom stereocenters. The average molecular weight is 492 g/mol. The average Bonchev–Trinajstić information content (AvgIpc) is 3.65. The Morgan fingerprint density at radius 2 is 2.09 bits per heavy atom. The van der Waals surface area contributed by atoms with Crippen LogP contribution in [0.5, 0.6) is 5.75 Å². The summed E-state index contributed by atoms with van der Waals surface area (Å²) in [4.78, 5) is 19.7. The maximum absolute atomic E-state index is 12.9. The third kappa shape index (κ3) is 4.68. The number of benzene rings is 1. The summed E-state index contributed by atoms with van der Waals surface area (Å²) in [6.45, 7) is 4.59. The molecule has 1 spiro atoms. The van der Waals surface area contributed by atoms with E-state index in [0.29, 0.717) is 46.5 Å². The molecule has 2 aliphatic heterocycles. The third-order valence-electron chi connectivity index (χ3n) is 6.79. The van der Waals surface area contributed by atoms with Crippen LogP contribution in [0.2, 0.25) is 5.02 Å². The minimum atomic E-state index is -0.223. The quantitative estimate of drug-likeness (QED) is 0.513. The Kier molecular flexibility index (Phi) is 5.78. The van der Waals surface area contributed by atoms with Crippen molar-refractivity contribution in [2.24, 2.45) is 11.3 Å². The maximum atomic E-state index is 12.9. The Labute approximate surface area is 208 Å². The molecular weight excluding hydrogens is 466 g/mol. The molecule has 2 saturated heterocycles. The van der Waals surface area contributed by atoms with Crippen LogP contribution in [0.3, 0.4) is 0 Å². The number of hydrogen-bond donors (Lipinski definition) is 1. The summed E-state index contributed by atoms with van der Waals surface area (Å²) in [6, 6.07) is 11.1. The highest BCUT2D eigenvalue weighted by Crippen LogP contribution is 2.40. The van der Waals surface area contributed by atoms with Gasteiger partial charge in [0.25, 0.3) is 5.91 Å². The van der Waals surface area contributed by atoms with E-state index in [2.05, 4.69) is 25.4 Å². The fourth-order valence-corrected chi connectivity index (χ4v) is 4.75. The lowest BCUT2D eigenvalue weighted by atomic mass is 9.78. The topological polar surface area (TPSA) is 89.5 Å². The van der Waals surface area contributed by atoms with E-state index in [-0.39, 0.29) is 5.91 Å². The first-order valence-electron chi connectivity index (χ1n) is 11.9. The van der Waals surface area contributed by atoms with Gasteiger partial charge in [-0.1, -0.05) is 17.7 Å². The molecular formula is C26H26ClN5O3. The molecule has 3 aliphatic rings. The first kappa shape index (κ1) is 22.2. The number of rotatable bonds is 8. The molecule has 8 nitrogen and oxygen atoms in total. The van der Waals surface area contributed by atoms with E-state index in [1.807, 2.05) is 24.3 Å². The van der Waals surface area contributed by atoms with Gasteiger partial charge in [-0.25, -0.2) is 4.98 Å². The molecule has 9 heteroatoms. The van der Waals surface area contributed by atoms with E-state index >= 15 is 0 Å². The number of carbonyl (C=O) groups excluding carboxylic acids is 1. The lowest BCUT2D eigenvalue weighted by Crippen LogP contribution is -2.66. The van der Waals surface area contributed by atoms with E-state index in [0.717, 1.165) is 43.2 Å². The Hall–Kier alpha value is -3.23. The predicted molar refractivity (Wildman–Crippen MR) is 132 cm³/mol. The van der Waals surface area contributed by atoms with Crippen molar-refractivity contribution in [2.75, 3.05) is 37.8 Å². The zero-order chi connectivity index (χ0) is 23.8. The second-order valence-corrected chi connectivity index (χ2v) is 10.2. The Morgan fingerprint density at radius 1 is 1.23 bits per heavy atom. The van der Waals surface area contributed by atoms with Gasteiger partial charge in [0.15, 0.2) is 0 Å². The van der Waals surface area contributed by atoms with Gasteiger partial charge in [-0.2, -0.15) is 10.2 Å². The molecule has 0 bridgehead atoms. The van der Waals surface area contributed by atoms with Crippen LogP contribution in [0, 0.1) is 11.3 Å². The predicted octanol–water partition coefficient (Wildman–Crippen LogP) is 3.75. The van der Waals surface area contributed by atoms with Crippen molar-refractivity contribution in [2.45, 2.75) is 19.4 Å². The van der Waals surface area contributed by atoms with Crippen molar-refractivity contribution in [3.8, 4) is 17.0 Å². The molecule has 3 aromatic rings. The van der Waals surface area contributed by atoms with Gasteiger partial charge >= 0.3 is 0 Å². The second kappa shape index (κ2) is 9.09. The Bertz CT molecular complexity index is 1250. The fraction of sp³-hybridized carbons (Fsp3) is 0.385. The van der Waals surface area contributed by atoms with Crippen LogP contribution in [-0.4, -0.2) is 54.0 Å². The molecule has 0 unspecified atom stereocenters. The number of aromatic nitrogens is 3. The summed E-state index contributed by atoms with van der Waals surface area (Å²) in [6.07, 6.45) is 5.69. The van der Waals surface area contributed by atoms with Crippen LogP contribution in [0.4, 0.5) is 5.82 Å². The highest BCUT2D eigenvalue weighted by Gasteiger charge is 2.49. The van der Waals surface area contributed by atoms with Gasteiger partial charge < -0.3 is 19.7 Å². The van der Waals surface area contributed by atoms with Gasteiger partial charge in [-0.15, -0.1) is 0 Å². The number of nitrogens with one attached hydrogen (secondary N) is 1. The number of halogens is 1. The van der Waals surface area contributed by atoms with Crippen LogP contribution >= 0.6 is 11.6 Å². The molecule has 4 heterocycles. The molecule has 1 saturated carbocycles. The summed E-state index contributed by atoms with van der Waals surface area (Å²) in [7, 11) is 0. The lowest BCUT2D eigenvalue weighted by molar-refractivity contribution is -0.127. The van der Waals surface area contributed by atoms with Gasteiger partial charge in [0.05, 0.1) is 47.7 Å². The molecule has 3 fully saturated rings. The van der Waals surface area contributed by atoms with E-state index in [9.17, 15) is 4.79 Å². The monoisotopic (exact) mass is 491 g/mol. The number of amides is 1. The normalized spacial score (nSPS) is 18.0. The molecule has 1 aliphatic carbocycles. The van der Waals surface area contributed by atoms with Crippen molar-refractivity contribution < 1.29 is 14.3 Å². The highest BCUT2D eigenvalue weighted by molar-refractivity contribution is 6.32. The SMILES string of the molecule is O=C(NCc1cccnc1N1CC2(COC2)C1)c1cnnc(-c2ccc(OCC3CC3)c(Cl)c2)c1.